The van der Waals surface area contributed by atoms with Gasteiger partial charge in [0.2, 0.25) is 11.0 Å². The molecule has 0 unspecified atom stereocenters. The average Bonchev–Trinajstić information content (AvgIpc) is 3.16. The molecule has 1 amide bonds. The summed E-state index contributed by atoms with van der Waals surface area (Å²) in [4.78, 5) is 15.4. The Kier molecular flexibility index (Phi) is 4.91. The third kappa shape index (κ3) is 3.69. The number of aromatic nitrogens is 2. The minimum atomic E-state index is -0.318. The monoisotopic (exact) mass is 398 g/mol. The molecule has 8 heteroatoms. The van der Waals surface area contributed by atoms with Crippen molar-refractivity contribution in [3.05, 3.63) is 28.5 Å². The number of rotatable bonds is 5. The lowest BCUT2D eigenvalue weighted by molar-refractivity contribution is -0.127. The average molecular weight is 399 g/mol. The zero-order valence-electron chi connectivity index (χ0n) is 12.6. The van der Waals surface area contributed by atoms with E-state index in [0.717, 1.165) is 17.4 Å². The Bertz CT molecular complexity index is 723. The summed E-state index contributed by atoms with van der Waals surface area (Å²) < 4.78 is 14.7. The summed E-state index contributed by atoms with van der Waals surface area (Å²) in [7, 11) is 1.90. The summed E-state index contributed by atoms with van der Waals surface area (Å²) in [6.45, 7) is 2.19. The Morgan fingerprint density at radius 1 is 1.43 bits per heavy atom. The van der Waals surface area contributed by atoms with Crippen LogP contribution in [0.15, 0.2) is 22.7 Å². The van der Waals surface area contributed by atoms with E-state index >= 15 is 0 Å². The Hall–Kier alpha value is -1.54. The minimum Gasteiger partial charge on any atom is -0.348 e. The summed E-state index contributed by atoms with van der Waals surface area (Å²) in [5.74, 6) is -0.103. The minimum absolute atomic E-state index is 0.215. The Morgan fingerprint density at radius 2 is 2.26 bits per heavy atom. The van der Waals surface area contributed by atoms with Gasteiger partial charge in [0.1, 0.15) is 5.82 Å². The van der Waals surface area contributed by atoms with Crippen LogP contribution in [0, 0.1) is 5.82 Å². The van der Waals surface area contributed by atoms with Crippen LogP contribution in [0.1, 0.15) is 12.8 Å². The molecule has 5 nitrogen and oxygen atoms in total. The molecule has 0 aliphatic carbocycles. The first-order valence-corrected chi connectivity index (χ1v) is 8.93. The van der Waals surface area contributed by atoms with Crippen molar-refractivity contribution in [1.29, 1.82) is 0 Å². The van der Waals surface area contributed by atoms with Crippen LogP contribution in [-0.2, 0) is 4.79 Å². The van der Waals surface area contributed by atoms with Crippen LogP contribution < -0.4 is 4.90 Å². The van der Waals surface area contributed by atoms with Gasteiger partial charge in [-0.15, -0.1) is 10.2 Å². The molecule has 23 heavy (non-hydrogen) atoms. The van der Waals surface area contributed by atoms with Crippen molar-refractivity contribution >= 4 is 38.3 Å². The standard InChI is InChI=1S/C15H16BrFN4OS/c1-20(7-8-21-6-2-3-13(21)22)15-19-18-14(23-15)11-9-10(16)4-5-12(11)17/h4-5,9H,2-3,6-8H2,1H3. The maximum absolute atomic E-state index is 13.9. The van der Waals surface area contributed by atoms with Gasteiger partial charge in [-0.2, -0.15) is 0 Å². The molecule has 1 aliphatic rings. The summed E-state index contributed by atoms with van der Waals surface area (Å²) in [6.07, 6.45) is 1.59. The largest absolute Gasteiger partial charge is 0.348 e. The zero-order chi connectivity index (χ0) is 16.4. The zero-order valence-corrected chi connectivity index (χ0v) is 15.0. The second-order valence-corrected chi connectivity index (χ2v) is 7.29. The van der Waals surface area contributed by atoms with Crippen molar-refractivity contribution in [1.82, 2.24) is 15.1 Å². The topological polar surface area (TPSA) is 49.3 Å². The molecule has 1 aromatic heterocycles. The number of amides is 1. The number of benzene rings is 1. The van der Waals surface area contributed by atoms with E-state index in [1.165, 1.54) is 17.4 Å². The molecule has 0 N–H and O–H groups in total. The van der Waals surface area contributed by atoms with Crippen LogP contribution in [0.2, 0.25) is 0 Å². The van der Waals surface area contributed by atoms with E-state index in [1.54, 1.807) is 12.1 Å². The highest BCUT2D eigenvalue weighted by molar-refractivity contribution is 9.10. The fourth-order valence-corrected chi connectivity index (χ4v) is 3.66. The van der Waals surface area contributed by atoms with E-state index in [9.17, 15) is 9.18 Å². The molecule has 0 atom stereocenters. The van der Waals surface area contributed by atoms with Crippen molar-refractivity contribution in [2.45, 2.75) is 12.8 Å². The van der Waals surface area contributed by atoms with E-state index in [1.807, 2.05) is 16.8 Å². The maximum Gasteiger partial charge on any atom is 0.222 e. The lowest BCUT2D eigenvalue weighted by Crippen LogP contribution is -2.33. The number of nitrogens with zero attached hydrogens (tertiary/aromatic N) is 4. The lowest BCUT2D eigenvalue weighted by Gasteiger charge is -2.20. The van der Waals surface area contributed by atoms with E-state index in [4.69, 9.17) is 0 Å². The molecule has 2 aromatic rings. The Labute approximate surface area is 146 Å². The summed E-state index contributed by atoms with van der Waals surface area (Å²) in [6, 6.07) is 4.76. The fourth-order valence-electron chi connectivity index (χ4n) is 2.45. The number of anilines is 1. The van der Waals surface area contributed by atoms with E-state index in [2.05, 4.69) is 26.1 Å². The highest BCUT2D eigenvalue weighted by Crippen LogP contribution is 2.31. The van der Waals surface area contributed by atoms with Gasteiger partial charge in [0.15, 0.2) is 5.01 Å². The van der Waals surface area contributed by atoms with E-state index in [0.29, 0.717) is 35.2 Å². The third-order valence-corrected chi connectivity index (χ3v) is 5.34. The van der Waals surface area contributed by atoms with Crippen LogP contribution in [0.3, 0.4) is 0 Å². The quantitative estimate of drug-likeness (QED) is 0.775. The molecule has 1 fully saturated rings. The van der Waals surface area contributed by atoms with Crippen molar-refractivity contribution in [2.24, 2.45) is 0 Å². The van der Waals surface area contributed by atoms with Gasteiger partial charge in [-0.1, -0.05) is 27.3 Å². The van der Waals surface area contributed by atoms with Crippen molar-refractivity contribution in [3.63, 3.8) is 0 Å². The van der Waals surface area contributed by atoms with Gasteiger partial charge in [-0.05, 0) is 24.6 Å². The summed E-state index contributed by atoms with van der Waals surface area (Å²) in [5, 5.41) is 9.48. The fraction of sp³-hybridized carbons (Fsp3) is 0.400. The molecular formula is C15H16BrFN4OS. The van der Waals surface area contributed by atoms with Gasteiger partial charge in [-0.3, -0.25) is 4.79 Å². The molecule has 0 spiro atoms. The third-order valence-electron chi connectivity index (χ3n) is 3.78. The SMILES string of the molecule is CN(CCN1CCCC1=O)c1nnc(-c2cc(Br)ccc2F)s1. The first-order valence-electron chi connectivity index (χ1n) is 7.32. The van der Waals surface area contributed by atoms with Gasteiger partial charge >= 0.3 is 0 Å². The van der Waals surface area contributed by atoms with Crippen LogP contribution in [-0.4, -0.2) is 47.7 Å². The summed E-state index contributed by atoms with van der Waals surface area (Å²) >= 11 is 4.68. The Balaban J connectivity index is 1.68. The molecule has 122 valence electrons. The van der Waals surface area contributed by atoms with Crippen molar-refractivity contribution in [2.75, 3.05) is 31.6 Å². The number of likely N-dealkylation sites (tertiary alicyclic amines) is 1. The van der Waals surface area contributed by atoms with Crippen LogP contribution in [0.25, 0.3) is 10.6 Å². The van der Waals surface area contributed by atoms with Gasteiger partial charge in [0.05, 0.1) is 0 Å². The van der Waals surface area contributed by atoms with Crippen LogP contribution >= 0.6 is 27.3 Å². The van der Waals surface area contributed by atoms with Gasteiger partial charge in [0, 0.05) is 43.1 Å². The Morgan fingerprint density at radius 3 is 3.00 bits per heavy atom. The molecule has 3 rings (SSSR count). The van der Waals surface area contributed by atoms with Crippen molar-refractivity contribution in [3.8, 4) is 10.6 Å². The molecule has 2 heterocycles. The number of likely N-dealkylation sites (N-methyl/N-ethyl adjacent to an activating group) is 1. The highest BCUT2D eigenvalue weighted by Gasteiger charge is 2.21. The maximum atomic E-state index is 13.9. The number of halogens is 2. The molecule has 0 bridgehead atoms. The lowest BCUT2D eigenvalue weighted by atomic mass is 10.2. The first-order chi connectivity index (χ1) is 11.0. The van der Waals surface area contributed by atoms with Gasteiger partial charge in [0.25, 0.3) is 0 Å². The molecular weight excluding hydrogens is 383 g/mol. The van der Waals surface area contributed by atoms with Crippen LogP contribution in [0.4, 0.5) is 9.52 Å². The molecule has 0 saturated carbocycles. The predicted molar refractivity (Wildman–Crippen MR) is 92.1 cm³/mol. The second-order valence-electron chi connectivity index (χ2n) is 5.42. The normalized spacial score (nSPS) is 14.6. The van der Waals surface area contributed by atoms with Gasteiger partial charge in [-0.25, -0.2) is 4.39 Å². The molecule has 1 aliphatic heterocycles. The number of hydrogen-bond donors (Lipinski definition) is 0. The number of carbonyl (C=O) groups excluding carboxylic acids is 1. The number of hydrogen-bond acceptors (Lipinski definition) is 5. The smallest absolute Gasteiger partial charge is 0.222 e. The molecule has 1 saturated heterocycles. The molecule has 1 aromatic carbocycles. The number of carbonyl (C=O) groups is 1. The van der Waals surface area contributed by atoms with E-state index in [-0.39, 0.29) is 11.7 Å². The first kappa shape index (κ1) is 16.3. The highest BCUT2D eigenvalue weighted by atomic mass is 79.9. The van der Waals surface area contributed by atoms with Crippen molar-refractivity contribution < 1.29 is 9.18 Å². The van der Waals surface area contributed by atoms with Crippen LogP contribution in [0.5, 0.6) is 0 Å². The second kappa shape index (κ2) is 6.92. The summed E-state index contributed by atoms with van der Waals surface area (Å²) in [5.41, 5.74) is 0.436. The van der Waals surface area contributed by atoms with Gasteiger partial charge < -0.3 is 9.80 Å². The molecule has 0 radical (unpaired) electrons. The van der Waals surface area contributed by atoms with E-state index < -0.39 is 0 Å². The predicted octanol–water partition coefficient (Wildman–Crippen LogP) is 3.17.